The van der Waals surface area contributed by atoms with Crippen LogP contribution in [-0.2, 0) is 10.8 Å². The Bertz CT molecular complexity index is 4100. The van der Waals surface area contributed by atoms with Gasteiger partial charge in [0.05, 0.1) is 11.1 Å². The van der Waals surface area contributed by atoms with Crippen LogP contribution in [0.5, 0.6) is 0 Å². The lowest BCUT2D eigenvalue weighted by Gasteiger charge is -2.35. The fourth-order valence-corrected chi connectivity index (χ4v) is 12.9. The first-order valence-electron chi connectivity index (χ1n) is 26.9. The van der Waals surface area contributed by atoms with Crippen molar-refractivity contribution >= 4 is 17.1 Å². The van der Waals surface area contributed by atoms with Gasteiger partial charge in [0.1, 0.15) is 0 Å². The Morgan fingerprint density at radius 3 is 1.14 bits per heavy atom. The maximum atomic E-state index is 2.53. The highest BCUT2D eigenvalue weighted by Crippen LogP contribution is 2.59. The normalized spacial score (nSPS) is 13.3. The molecule has 0 heterocycles. The third-order valence-electron chi connectivity index (χ3n) is 16.6. The number of para-hydroxylation sites is 1. The predicted molar refractivity (Wildman–Crippen MR) is 323 cm³/mol. The Morgan fingerprint density at radius 1 is 0.234 bits per heavy atom. The van der Waals surface area contributed by atoms with Crippen LogP contribution in [0.4, 0.5) is 17.1 Å². The van der Waals surface area contributed by atoms with Gasteiger partial charge in [-0.3, -0.25) is 0 Å². The van der Waals surface area contributed by atoms with Gasteiger partial charge in [-0.1, -0.05) is 269 Å². The zero-order valence-corrected chi connectivity index (χ0v) is 43.2. The number of nitrogens with zero attached hydrogens (tertiary/aromatic N) is 1. The molecule has 0 N–H and O–H groups in total. The molecular formula is C76H55N. The van der Waals surface area contributed by atoms with Gasteiger partial charge >= 0.3 is 0 Å². The molecule has 0 saturated carbocycles. The molecule has 0 radical (unpaired) electrons. The molecule has 2 aliphatic carbocycles. The average molecular weight is 982 g/mol. The van der Waals surface area contributed by atoms with Crippen molar-refractivity contribution in [1.82, 2.24) is 0 Å². The number of hydrogen-bond acceptors (Lipinski definition) is 1. The zero-order chi connectivity index (χ0) is 51.5. The van der Waals surface area contributed by atoms with Gasteiger partial charge in [0.2, 0.25) is 0 Å². The van der Waals surface area contributed by atoms with Crippen molar-refractivity contribution in [1.29, 1.82) is 0 Å². The van der Waals surface area contributed by atoms with Gasteiger partial charge in [-0.15, -0.1) is 0 Å². The SMILES string of the molecule is CC1(C)c2cc(-c3ccccc3-c3ccccc3)ccc2-c2ccc(N(c3ccc4c(c3)C(c3ccccc3)(c3ccccc3)c3cc(-c5ccccc5)ccc3-4)c3ccccc3-c3ccc(-c4ccccc4)cc3)cc21. The zero-order valence-electron chi connectivity index (χ0n) is 43.2. The van der Waals surface area contributed by atoms with Gasteiger partial charge in [-0.2, -0.15) is 0 Å². The lowest BCUT2D eigenvalue weighted by Crippen LogP contribution is -2.29. The minimum Gasteiger partial charge on any atom is -0.310 e. The molecule has 14 rings (SSSR count). The van der Waals surface area contributed by atoms with E-state index in [1.165, 1.54) is 100 Å². The minimum absolute atomic E-state index is 0.289. The molecule has 77 heavy (non-hydrogen) atoms. The van der Waals surface area contributed by atoms with Gasteiger partial charge in [-0.25, -0.2) is 0 Å². The second-order valence-electron chi connectivity index (χ2n) is 21.2. The summed E-state index contributed by atoms with van der Waals surface area (Å²) in [5.41, 5.74) is 27.2. The summed E-state index contributed by atoms with van der Waals surface area (Å²) in [5, 5.41) is 0. The summed E-state index contributed by atoms with van der Waals surface area (Å²) in [7, 11) is 0. The predicted octanol–water partition coefficient (Wildman–Crippen LogP) is 20.2. The number of fused-ring (bicyclic) bond motifs is 6. The Hall–Kier alpha value is -9.56. The number of hydrogen-bond donors (Lipinski definition) is 0. The van der Waals surface area contributed by atoms with Crippen LogP contribution in [0.1, 0.15) is 47.2 Å². The molecule has 0 atom stereocenters. The van der Waals surface area contributed by atoms with Crippen LogP contribution in [0.2, 0.25) is 0 Å². The molecule has 0 spiro atoms. The first kappa shape index (κ1) is 46.0. The molecule has 364 valence electrons. The van der Waals surface area contributed by atoms with Crippen LogP contribution in [0.25, 0.3) is 77.9 Å². The first-order valence-corrected chi connectivity index (χ1v) is 26.9. The monoisotopic (exact) mass is 981 g/mol. The van der Waals surface area contributed by atoms with E-state index in [9.17, 15) is 0 Å². The van der Waals surface area contributed by atoms with Crippen LogP contribution in [0.3, 0.4) is 0 Å². The van der Waals surface area contributed by atoms with E-state index in [-0.39, 0.29) is 5.41 Å². The molecule has 0 aromatic heterocycles. The van der Waals surface area contributed by atoms with E-state index in [0.717, 1.165) is 28.2 Å². The van der Waals surface area contributed by atoms with Crippen molar-refractivity contribution < 1.29 is 0 Å². The first-order chi connectivity index (χ1) is 37.9. The molecule has 1 nitrogen and oxygen atoms in total. The van der Waals surface area contributed by atoms with Crippen LogP contribution < -0.4 is 4.90 Å². The van der Waals surface area contributed by atoms with Gasteiger partial charge in [-0.05, 0) is 148 Å². The van der Waals surface area contributed by atoms with Crippen molar-refractivity contribution in [2.45, 2.75) is 24.7 Å². The van der Waals surface area contributed by atoms with E-state index in [2.05, 4.69) is 316 Å². The van der Waals surface area contributed by atoms with Gasteiger partial charge < -0.3 is 4.90 Å². The van der Waals surface area contributed by atoms with Crippen LogP contribution >= 0.6 is 0 Å². The summed E-state index contributed by atoms with van der Waals surface area (Å²) in [6.45, 7) is 4.82. The third-order valence-corrected chi connectivity index (χ3v) is 16.6. The fraction of sp³-hybridized carbons (Fsp3) is 0.0526. The van der Waals surface area contributed by atoms with Crippen LogP contribution in [0, 0.1) is 0 Å². The molecule has 12 aromatic rings. The quantitative estimate of drug-likeness (QED) is 0.132. The highest BCUT2D eigenvalue weighted by atomic mass is 15.1. The Morgan fingerprint density at radius 2 is 0.571 bits per heavy atom. The maximum Gasteiger partial charge on any atom is 0.0714 e. The summed E-state index contributed by atoms with van der Waals surface area (Å²) in [5.74, 6) is 0. The molecule has 0 fully saturated rings. The molecule has 0 saturated heterocycles. The van der Waals surface area contributed by atoms with Crippen molar-refractivity contribution in [2.75, 3.05) is 4.90 Å². The number of rotatable bonds is 10. The van der Waals surface area contributed by atoms with Crippen molar-refractivity contribution in [3.8, 4) is 77.9 Å². The number of benzene rings is 12. The van der Waals surface area contributed by atoms with Crippen molar-refractivity contribution in [3.63, 3.8) is 0 Å². The van der Waals surface area contributed by atoms with E-state index in [4.69, 9.17) is 0 Å². The standard InChI is InChI=1S/C76H55N/c1-75(2)70-49-58(64-33-19-18-32-63(64)55-26-12-5-13-27-55)41-45-66(70)67-46-42-61(50-71(67)75)77(74-35-21-20-34-65(74)56-38-36-54(37-39-56)52-22-8-3-9-23-52)62-43-47-69-68-44-40-57(53-24-10-4-11-25-53)48-72(68)76(73(69)51-62,59-28-14-6-15-29-59)60-30-16-7-17-31-60/h3-51H,1-2H3. The molecule has 0 aliphatic heterocycles. The fourth-order valence-electron chi connectivity index (χ4n) is 12.9. The van der Waals surface area contributed by atoms with Crippen molar-refractivity contribution in [2.24, 2.45) is 0 Å². The molecule has 2 aliphatic rings. The van der Waals surface area contributed by atoms with Gasteiger partial charge in [0, 0.05) is 22.4 Å². The summed E-state index contributed by atoms with van der Waals surface area (Å²) < 4.78 is 0. The topological polar surface area (TPSA) is 3.24 Å². The van der Waals surface area contributed by atoms with E-state index in [0.29, 0.717) is 0 Å². The molecule has 1 heteroatoms. The molecule has 12 aromatic carbocycles. The molecule has 0 bridgehead atoms. The lowest BCUT2D eigenvalue weighted by atomic mass is 9.67. The van der Waals surface area contributed by atoms with Crippen molar-refractivity contribution in [3.05, 3.63) is 331 Å². The summed E-state index contributed by atoms with van der Waals surface area (Å²) >= 11 is 0. The minimum atomic E-state index is -0.620. The molecule has 0 amide bonds. The van der Waals surface area contributed by atoms with E-state index >= 15 is 0 Å². The highest BCUT2D eigenvalue weighted by molar-refractivity contribution is 5.95. The third kappa shape index (κ3) is 7.61. The second kappa shape index (κ2) is 18.7. The maximum absolute atomic E-state index is 2.53. The van der Waals surface area contributed by atoms with Crippen LogP contribution in [-0.4, -0.2) is 0 Å². The molecule has 0 unspecified atom stereocenters. The Balaban J connectivity index is 0.970. The van der Waals surface area contributed by atoms with Gasteiger partial charge in [0.25, 0.3) is 0 Å². The lowest BCUT2D eigenvalue weighted by molar-refractivity contribution is 0.660. The summed E-state index contributed by atoms with van der Waals surface area (Å²) in [4.78, 5) is 2.53. The number of anilines is 3. The van der Waals surface area contributed by atoms with E-state index < -0.39 is 5.41 Å². The highest BCUT2D eigenvalue weighted by Gasteiger charge is 2.47. The summed E-state index contributed by atoms with van der Waals surface area (Å²) in [6.07, 6.45) is 0. The molecular weight excluding hydrogens is 927 g/mol. The van der Waals surface area contributed by atoms with Crippen LogP contribution in [0.15, 0.2) is 297 Å². The largest absolute Gasteiger partial charge is 0.310 e. The van der Waals surface area contributed by atoms with E-state index in [1.54, 1.807) is 0 Å². The Kier molecular flexibility index (Phi) is 11.2. The van der Waals surface area contributed by atoms with Gasteiger partial charge in [0.15, 0.2) is 0 Å². The smallest absolute Gasteiger partial charge is 0.0714 e. The summed E-state index contributed by atoms with van der Waals surface area (Å²) in [6, 6.07) is 110. The Labute approximate surface area is 452 Å². The van der Waals surface area contributed by atoms with E-state index in [1.807, 2.05) is 0 Å². The second-order valence-corrected chi connectivity index (χ2v) is 21.2. The average Bonchev–Trinajstić information content (AvgIpc) is 3.97.